The van der Waals surface area contributed by atoms with Crippen molar-refractivity contribution in [1.82, 2.24) is 4.90 Å². The molecule has 3 amide bonds. The quantitative estimate of drug-likeness (QED) is 0.391. The van der Waals surface area contributed by atoms with Crippen LogP contribution in [0.5, 0.6) is 17.2 Å². The molecule has 5 rings (SSSR count). The van der Waals surface area contributed by atoms with Crippen LogP contribution in [0.15, 0.2) is 65.6 Å². The number of benzene rings is 3. The van der Waals surface area contributed by atoms with Gasteiger partial charge >= 0.3 is 0 Å². The molecular formula is C27H21ClN2O6S. The number of carbonyl (C=O) groups excluding carboxylic acids is 3. The second-order valence-corrected chi connectivity index (χ2v) is 9.69. The van der Waals surface area contributed by atoms with Crippen LogP contribution >= 0.6 is 23.4 Å². The Morgan fingerprint density at radius 1 is 1.11 bits per heavy atom. The molecule has 37 heavy (non-hydrogen) atoms. The lowest BCUT2D eigenvalue weighted by molar-refractivity contribution is -0.123. The van der Waals surface area contributed by atoms with Gasteiger partial charge in [0, 0.05) is 16.8 Å². The minimum absolute atomic E-state index is 0.0105. The van der Waals surface area contributed by atoms with Gasteiger partial charge in [-0.05, 0) is 65.7 Å². The number of imide groups is 1. The number of aryl methyl sites for hydroxylation is 1. The van der Waals surface area contributed by atoms with E-state index < -0.39 is 11.1 Å². The lowest BCUT2D eigenvalue weighted by Gasteiger charge is -2.14. The average Bonchev–Trinajstić information content (AvgIpc) is 3.43. The Kier molecular flexibility index (Phi) is 7.07. The van der Waals surface area contributed by atoms with E-state index in [1.54, 1.807) is 42.5 Å². The molecule has 3 aromatic rings. The van der Waals surface area contributed by atoms with Crippen LogP contribution in [0.1, 0.15) is 16.7 Å². The maximum Gasteiger partial charge on any atom is 0.293 e. The third kappa shape index (κ3) is 5.58. The minimum atomic E-state index is -0.423. The van der Waals surface area contributed by atoms with E-state index in [-0.39, 0.29) is 30.8 Å². The van der Waals surface area contributed by atoms with Crippen molar-refractivity contribution in [3.05, 3.63) is 87.3 Å². The predicted octanol–water partition coefficient (Wildman–Crippen LogP) is 5.63. The summed E-state index contributed by atoms with van der Waals surface area (Å²) in [6, 6.07) is 17.7. The van der Waals surface area contributed by atoms with E-state index in [0.29, 0.717) is 33.4 Å². The van der Waals surface area contributed by atoms with Crippen LogP contribution in [0.25, 0.3) is 6.08 Å². The highest BCUT2D eigenvalue weighted by Crippen LogP contribution is 2.39. The zero-order valence-electron chi connectivity index (χ0n) is 19.7. The van der Waals surface area contributed by atoms with E-state index in [4.69, 9.17) is 25.8 Å². The standard InChI is InChI=1S/C27H21ClN2O6S/c1-16-5-2-3-8-21(16)29-25(31)14-34-19-7-4-6-17(9-19)10-24-26(32)30(27(33)37-24)13-18-11-22-23(12-20(18)28)36-15-35-22/h2-12H,13-15H2,1H3,(H,29,31)/b24-10-. The smallest absolute Gasteiger partial charge is 0.293 e. The van der Waals surface area contributed by atoms with Gasteiger partial charge in [0.25, 0.3) is 17.1 Å². The number of para-hydroxylation sites is 1. The van der Waals surface area contributed by atoms with Crippen molar-refractivity contribution in [1.29, 1.82) is 0 Å². The Morgan fingerprint density at radius 3 is 2.70 bits per heavy atom. The van der Waals surface area contributed by atoms with Gasteiger partial charge in [0.2, 0.25) is 6.79 Å². The fourth-order valence-electron chi connectivity index (χ4n) is 3.78. The van der Waals surface area contributed by atoms with Gasteiger partial charge in [-0.2, -0.15) is 0 Å². The third-order valence-corrected chi connectivity index (χ3v) is 6.95. The van der Waals surface area contributed by atoms with Gasteiger partial charge in [-0.25, -0.2) is 0 Å². The molecule has 1 saturated heterocycles. The number of hydrogen-bond acceptors (Lipinski definition) is 7. The lowest BCUT2D eigenvalue weighted by Crippen LogP contribution is -2.27. The molecule has 0 bridgehead atoms. The van der Waals surface area contributed by atoms with Gasteiger partial charge in [-0.15, -0.1) is 0 Å². The molecule has 188 valence electrons. The summed E-state index contributed by atoms with van der Waals surface area (Å²) >= 11 is 7.17. The van der Waals surface area contributed by atoms with Crippen molar-refractivity contribution in [2.24, 2.45) is 0 Å². The Morgan fingerprint density at radius 2 is 1.89 bits per heavy atom. The molecule has 10 heteroatoms. The van der Waals surface area contributed by atoms with Crippen molar-refractivity contribution >= 4 is 52.2 Å². The topological polar surface area (TPSA) is 94.2 Å². The average molecular weight is 537 g/mol. The molecule has 3 aromatic carbocycles. The molecule has 0 aliphatic carbocycles. The number of nitrogens with one attached hydrogen (secondary N) is 1. The van der Waals surface area contributed by atoms with Gasteiger partial charge in [0.1, 0.15) is 5.75 Å². The van der Waals surface area contributed by atoms with Gasteiger partial charge in [0.05, 0.1) is 11.4 Å². The van der Waals surface area contributed by atoms with Crippen LogP contribution in [-0.2, 0) is 16.1 Å². The van der Waals surface area contributed by atoms with Crippen molar-refractivity contribution in [2.45, 2.75) is 13.5 Å². The summed E-state index contributed by atoms with van der Waals surface area (Å²) in [6.45, 7) is 1.84. The Balaban J connectivity index is 1.24. The summed E-state index contributed by atoms with van der Waals surface area (Å²) in [5.41, 5.74) is 2.91. The highest BCUT2D eigenvalue weighted by molar-refractivity contribution is 8.18. The molecule has 1 N–H and O–H groups in total. The zero-order chi connectivity index (χ0) is 25.9. The molecule has 0 spiro atoms. The summed E-state index contributed by atoms with van der Waals surface area (Å²) in [4.78, 5) is 39.3. The first-order chi connectivity index (χ1) is 17.9. The van der Waals surface area contributed by atoms with Crippen LogP contribution < -0.4 is 19.5 Å². The van der Waals surface area contributed by atoms with E-state index in [0.717, 1.165) is 27.9 Å². The normalized spacial score (nSPS) is 15.4. The first-order valence-corrected chi connectivity index (χ1v) is 12.5. The molecule has 0 saturated carbocycles. The van der Waals surface area contributed by atoms with Gasteiger partial charge in [-0.3, -0.25) is 19.3 Å². The van der Waals surface area contributed by atoms with E-state index in [1.165, 1.54) is 0 Å². The summed E-state index contributed by atoms with van der Waals surface area (Å²) in [7, 11) is 0. The molecular weight excluding hydrogens is 516 g/mol. The van der Waals surface area contributed by atoms with Crippen LogP contribution in [0, 0.1) is 6.92 Å². The van der Waals surface area contributed by atoms with Crippen molar-refractivity contribution < 1.29 is 28.6 Å². The molecule has 0 atom stereocenters. The van der Waals surface area contributed by atoms with E-state index in [2.05, 4.69) is 5.32 Å². The van der Waals surface area contributed by atoms with Gasteiger partial charge in [0.15, 0.2) is 18.1 Å². The fraction of sp³-hybridized carbons (Fsp3) is 0.148. The first kappa shape index (κ1) is 24.7. The van der Waals surface area contributed by atoms with Crippen LogP contribution in [-0.4, -0.2) is 35.4 Å². The molecule has 8 nitrogen and oxygen atoms in total. The van der Waals surface area contributed by atoms with E-state index >= 15 is 0 Å². The number of amides is 3. The summed E-state index contributed by atoms with van der Waals surface area (Å²) in [5, 5.41) is 2.80. The molecule has 2 heterocycles. The second kappa shape index (κ2) is 10.6. The molecule has 1 fully saturated rings. The van der Waals surface area contributed by atoms with Crippen molar-refractivity contribution in [2.75, 3.05) is 18.7 Å². The van der Waals surface area contributed by atoms with Crippen molar-refractivity contribution in [3.8, 4) is 17.2 Å². The Labute approximate surface area is 222 Å². The molecule has 2 aliphatic heterocycles. The van der Waals surface area contributed by atoms with E-state index in [9.17, 15) is 14.4 Å². The van der Waals surface area contributed by atoms with Crippen LogP contribution in [0.4, 0.5) is 10.5 Å². The first-order valence-electron chi connectivity index (χ1n) is 11.3. The number of carbonyl (C=O) groups is 3. The molecule has 0 aromatic heterocycles. The number of rotatable bonds is 7. The highest BCUT2D eigenvalue weighted by atomic mass is 35.5. The number of thioether (sulfide) groups is 1. The maximum absolute atomic E-state index is 13.0. The summed E-state index contributed by atoms with van der Waals surface area (Å²) in [5.74, 6) is 0.791. The molecule has 0 unspecified atom stereocenters. The number of ether oxygens (including phenoxy) is 3. The second-order valence-electron chi connectivity index (χ2n) is 8.29. The van der Waals surface area contributed by atoms with Crippen LogP contribution in [0.2, 0.25) is 5.02 Å². The summed E-state index contributed by atoms with van der Waals surface area (Å²) < 4.78 is 16.3. The Bertz CT molecular complexity index is 1440. The number of anilines is 1. The van der Waals surface area contributed by atoms with Crippen molar-refractivity contribution in [3.63, 3.8) is 0 Å². The predicted molar refractivity (Wildman–Crippen MR) is 141 cm³/mol. The van der Waals surface area contributed by atoms with Crippen LogP contribution in [0.3, 0.4) is 0 Å². The van der Waals surface area contributed by atoms with E-state index in [1.807, 2.05) is 31.2 Å². The SMILES string of the molecule is Cc1ccccc1NC(=O)COc1cccc(/C=C2\SC(=O)N(Cc3cc4c(cc3Cl)OCO4)C2=O)c1. The number of nitrogens with zero attached hydrogens (tertiary/aromatic N) is 1. The number of fused-ring (bicyclic) bond motifs is 1. The third-order valence-electron chi connectivity index (χ3n) is 5.69. The van der Waals surface area contributed by atoms with Gasteiger partial charge < -0.3 is 19.5 Å². The molecule has 0 radical (unpaired) electrons. The Hall–Kier alpha value is -3.95. The fourth-order valence-corrected chi connectivity index (χ4v) is 4.83. The van der Waals surface area contributed by atoms with Gasteiger partial charge in [-0.1, -0.05) is 41.9 Å². The zero-order valence-corrected chi connectivity index (χ0v) is 21.2. The maximum atomic E-state index is 13.0. The summed E-state index contributed by atoms with van der Waals surface area (Å²) in [6.07, 6.45) is 1.62. The lowest BCUT2D eigenvalue weighted by atomic mass is 10.1. The largest absolute Gasteiger partial charge is 0.484 e. The number of halogens is 1. The minimum Gasteiger partial charge on any atom is -0.484 e. The monoisotopic (exact) mass is 536 g/mol. The number of hydrogen-bond donors (Lipinski definition) is 1. The molecule has 2 aliphatic rings. The highest BCUT2D eigenvalue weighted by Gasteiger charge is 2.35.